The van der Waals surface area contributed by atoms with Crippen molar-refractivity contribution in [3.8, 4) is 0 Å². The van der Waals surface area contributed by atoms with Crippen LogP contribution in [0.1, 0.15) is 52.4 Å². The molecule has 0 unspecified atom stereocenters. The van der Waals surface area contributed by atoms with Crippen LogP contribution in [-0.4, -0.2) is 6.18 Å². The minimum Gasteiger partial charge on any atom is -0.171 e. The van der Waals surface area contributed by atoms with E-state index in [1.54, 1.807) is 0 Å². The maximum Gasteiger partial charge on any atom is 0.389 e. The average Bonchev–Trinajstić information content (AvgIpc) is 2.14. The second-order valence-corrected chi connectivity index (χ2v) is 5.18. The first-order valence-electron chi connectivity index (χ1n) is 5.95. The van der Waals surface area contributed by atoms with Crippen molar-refractivity contribution in [3.05, 3.63) is 0 Å². The zero-order valence-electron chi connectivity index (χ0n) is 9.61. The van der Waals surface area contributed by atoms with Gasteiger partial charge in [-0.2, -0.15) is 13.2 Å². The molecule has 90 valence electrons. The first-order valence-corrected chi connectivity index (χ1v) is 5.95. The van der Waals surface area contributed by atoms with E-state index in [-0.39, 0.29) is 0 Å². The van der Waals surface area contributed by atoms with Crippen LogP contribution in [-0.2, 0) is 0 Å². The molecular formula is C12H21F3. The van der Waals surface area contributed by atoms with Crippen LogP contribution in [0.25, 0.3) is 0 Å². The van der Waals surface area contributed by atoms with Crippen molar-refractivity contribution in [2.75, 3.05) is 0 Å². The van der Waals surface area contributed by atoms with Crippen LogP contribution < -0.4 is 0 Å². The summed E-state index contributed by atoms with van der Waals surface area (Å²) in [5, 5.41) is 0. The molecule has 0 amide bonds. The van der Waals surface area contributed by atoms with Crippen LogP contribution in [0, 0.1) is 17.8 Å². The van der Waals surface area contributed by atoms with E-state index in [2.05, 4.69) is 13.8 Å². The molecule has 0 N–H and O–H groups in total. The number of halogens is 3. The van der Waals surface area contributed by atoms with Gasteiger partial charge in [-0.25, -0.2) is 0 Å². The normalized spacial score (nSPS) is 28.4. The maximum absolute atomic E-state index is 12.0. The molecule has 15 heavy (non-hydrogen) atoms. The van der Waals surface area contributed by atoms with Gasteiger partial charge in [0.05, 0.1) is 0 Å². The highest BCUT2D eigenvalue weighted by Crippen LogP contribution is 2.36. The summed E-state index contributed by atoms with van der Waals surface area (Å²) in [6.07, 6.45) is 0.0332. The Hall–Kier alpha value is -0.210. The molecule has 0 aromatic heterocycles. The van der Waals surface area contributed by atoms with Gasteiger partial charge in [0.15, 0.2) is 0 Å². The maximum atomic E-state index is 12.0. The van der Waals surface area contributed by atoms with Gasteiger partial charge in [0.1, 0.15) is 0 Å². The van der Waals surface area contributed by atoms with Crippen molar-refractivity contribution < 1.29 is 13.2 Å². The van der Waals surface area contributed by atoms with E-state index in [1.807, 2.05) is 0 Å². The molecule has 0 atom stereocenters. The third kappa shape index (κ3) is 4.89. The lowest BCUT2D eigenvalue weighted by molar-refractivity contribution is -0.138. The van der Waals surface area contributed by atoms with Crippen molar-refractivity contribution in [2.24, 2.45) is 17.8 Å². The van der Waals surface area contributed by atoms with E-state index >= 15 is 0 Å². The molecule has 0 saturated heterocycles. The molecule has 0 heterocycles. The van der Waals surface area contributed by atoms with Gasteiger partial charge >= 0.3 is 6.18 Å². The third-order valence-electron chi connectivity index (χ3n) is 3.67. The zero-order valence-corrected chi connectivity index (χ0v) is 9.61. The van der Waals surface area contributed by atoms with Crippen molar-refractivity contribution in [1.82, 2.24) is 0 Å². The Kier molecular flexibility index (Phi) is 4.47. The SMILES string of the molecule is CC(C)C1CCC(CCC(F)(F)F)CC1. The van der Waals surface area contributed by atoms with Gasteiger partial charge in [0.25, 0.3) is 0 Å². The molecular weight excluding hydrogens is 201 g/mol. The molecule has 0 aromatic rings. The number of alkyl halides is 3. The van der Waals surface area contributed by atoms with Gasteiger partial charge in [0, 0.05) is 6.42 Å². The molecule has 0 bridgehead atoms. The molecule has 0 spiro atoms. The lowest BCUT2D eigenvalue weighted by Gasteiger charge is -2.31. The highest BCUT2D eigenvalue weighted by atomic mass is 19.4. The summed E-state index contributed by atoms with van der Waals surface area (Å²) in [7, 11) is 0. The van der Waals surface area contributed by atoms with E-state index in [0.29, 0.717) is 18.3 Å². The van der Waals surface area contributed by atoms with E-state index in [9.17, 15) is 13.2 Å². The first-order chi connectivity index (χ1) is 6.88. The van der Waals surface area contributed by atoms with Crippen molar-refractivity contribution in [2.45, 2.75) is 58.5 Å². The van der Waals surface area contributed by atoms with Gasteiger partial charge in [0.2, 0.25) is 0 Å². The summed E-state index contributed by atoms with van der Waals surface area (Å²) in [5.41, 5.74) is 0. The fraction of sp³-hybridized carbons (Fsp3) is 1.00. The predicted molar refractivity (Wildman–Crippen MR) is 55.6 cm³/mol. The van der Waals surface area contributed by atoms with Crippen LogP contribution in [0.4, 0.5) is 13.2 Å². The Bertz CT molecular complexity index is 176. The molecule has 3 heteroatoms. The summed E-state index contributed by atoms with van der Waals surface area (Å²) in [4.78, 5) is 0. The monoisotopic (exact) mass is 222 g/mol. The minimum atomic E-state index is -3.96. The van der Waals surface area contributed by atoms with E-state index < -0.39 is 12.6 Å². The number of hydrogen-bond donors (Lipinski definition) is 0. The lowest BCUT2D eigenvalue weighted by Crippen LogP contribution is -2.20. The highest BCUT2D eigenvalue weighted by molar-refractivity contribution is 4.75. The van der Waals surface area contributed by atoms with Gasteiger partial charge in [-0.1, -0.05) is 26.7 Å². The third-order valence-corrected chi connectivity index (χ3v) is 3.67. The molecule has 0 nitrogen and oxygen atoms in total. The lowest BCUT2D eigenvalue weighted by atomic mass is 9.76. The quantitative estimate of drug-likeness (QED) is 0.644. The van der Waals surface area contributed by atoms with E-state index in [0.717, 1.165) is 31.6 Å². The Labute approximate surface area is 90.2 Å². The predicted octanol–water partition coefficient (Wildman–Crippen LogP) is 4.79. The van der Waals surface area contributed by atoms with E-state index in [4.69, 9.17) is 0 Å². The number of hydrogen-bond acceptors (Lipinski definition) is 0. The topological polar surface area (TPSA) is 0 Å². The van der Waals surface area contributed by atoms with Gasteiger partial charge in [-0.3, -0.25) is 0 Å². The second-order valence-electron chi connectivity index (χ2n) is 5.18. The van der Waals surface area contributed by atoms with Gasteiger partial charge in [-0.15, -0.1) is 0 Å². The fourth-order valence-electron chi connectivity index (χ4n) is 2.51. The molecule has 1 saturated carbocycles. The molecule has 1 aliphatic carbocycles. The smallest absolute Gasteiger partial charge is 0.171 e. The molecule has 0 radical (unpaired) electrons. The summed E-state index contributed by atoms with van der Waals surface area (Å²) >= 11 is 0. The Morgan fingerprint density at radius 2 is 1.60 bits per heavy atom. The molecule has 0 aromatic carbocycles. The van der Waals surface area contributed by atoms with Gasteiger partial charge < -0.3 is 0 Å². The van der Waals surface area contributed by atoms with Crippen LogP contribution in [0.15, 0.2) is 0 Å². The summed E-state index contributed by atoms with van der Waals surface area (Å²) in [6.45, 7) is 4.42. The molecule has 1 rings (SSSR count). The Morgan fingerprint density at radius 1 is 1.07 bits per heavy atom. The van der Waals surface area contributed by atoms with E-state index in [1.165, 1.54) is 0 Å². The molecule has 1 fully saturated rings. The molecule has 1 aliphatic rings. The fourth-order valence-corrected chi connectivity index (χ4v) is 2.51. The van der Waals surface area contributed by atoms with Crippen LogP contribution in [0.2, 0.25) is 0 Å². The number of rotatable bonds is 3. The Balaban J connectivity index is 2.20. The standard InChI is InChI=1S/C12H21F3/c1-9(2)11-5-3-10(4-6-11)7-8-12(13,14)15/h9-11H,3-8H2,1-2H3. The average molecular weight is 222 g/mol. The van der Waals surface area contributed by atoms with Gasteiger partial charge in [-0.05, 0) is 37.0 Å². The molecule has 0 aliphatic heterocycles. The summed E-state index contributed by atoms with van der Waals surface area (Å²) < 4.78 is 36.0. The zero-order chi connectivity index (χ0) is 11.5. The second kappa shape index (κ2) is 5.22. The highest BCUT2D eigenvalue weighted by Gasteiger charge is 2.30. The van der Waals surface area contributed by atoms with Crippen LogP contribution >= 0.6 is 0 Å². The van der Waals surface area contributed by atoms with Crippen LogP contribution in [0.5, 0.6) is 0 Å². The van der Waals surface area contributed by atoms with Crippen LogP contribution in [0.3, 0.4) is 0 Å². The largest absolute Gasteiger partial charge is 0.389 e. The van der Waals surface area contributed by atoms with Crippen molar-refractivity contribution >= 4 is 0 Å². The Morgan fingerprint density at radius 3 is 2.00 bits per heavy atom. The summed E-state index contributed by atoms with van der Waals surface area (Å²) in [5.74, 6) is 1.75. The van der Waals surface area contributed by atoms with Crippen molar-refractivity contribution in [3.63, 3.8) is 0 Å². The van der Waals surface area contributed by atoms with Crippen molar-refractivity contribution in [1.29, 1.82) is 0 Å². The summed E-state index contributed by atoms with van der Waals surface area (Å²) in [6, 6.07) is 0. The minimum absolute atomic E-state index is 0.321. The first kappa shape index (κ1) is 12.9.